The fourth-order valence-electron chi connectivity index (χ4n) is 4.24. The molecule has 0 spiro atoms. The van der Waals surface area contributed by atoms with Gasteiger partial charge in [-0.3, -0.25) is 9.59 Å². The Kier molecular flexibility index (Phi) is 6.91. The van der Waals surface area contributed by atoms with Gasteiger partial charge in [-0.2, -0.15) is 0 Å². The molecule has 1 aromatic heterocycles. The van der Waals surface area contributed by atoms with E-state index in [1.165, 1.54) is 18.4 Å². The standard InChI is InChI=1S/C25H25ClN2O4S/c1-28-23(21-5-4-12-33-21)22(24(29)27-11-10-15-6-8-16(26)9-7-15)17-13-19(31-2)20(32-3)14-18(17)25(28)30/h4-9,12-14,22-23H,10-11H2,1-3H3,(H,27,29)/t22-,23+/m1/s1. The minimum atomic E-state index is -0.591. The number of halogens is 1. The van der Waals surface area contributed by atoms with Crippen LogP contribution in [0.3, 0.4) is 0 Å². The summed E-state index contributed by atoms with van der Waals surface area (Å²) in [5.41, 5.74) is 2.16. The number of fused-ring (bicyclic) bond motifs is 1. The average molecular weight is 485 g/mol. The Labute approximate surface area is 202 Å². The lowest BCUT2D eigenvalue weighted by atomic mass is 9.81. The van der Waals surface area contributed by atoms with Crippen molar-refractivity contribution in [2.45, 2.75) is 18.4 Å². The minimum Gasteiger partial charge on any atom is -0.493 e. The van der Waals surface area contributed by atoms with Crippen LogP contribution < -0.4 is 14.8 Å². The number of ether oxygens (including phenoxy) is 2. The van der Waals surface area contributed by atoms with Crippen molar-refractivity contribution < 1.29 is 19.1 Å². The quantitative estimate of drug-likeness (QED) is 0.528. The summed E-state index contributed by atoms with van der Waals surface area (Å²) in [7, 11) is 4.80. The molecule has 2 aromatic carbocycles. The van der Waals surface area contributed by atoms with E-state index in [9.17, 15) is 9.59 Å². The number of thiophene rings is 1. The Morgan fingerprint density at radius 1 is 1.12 bits per heavy atom. The Balaban J connectivity index is 1.68. The smallest absolute Gasteiger partial charge is 0.254 e. The molecule has 1 aliphatic rings. The molecule has 2 amide bonds. The topological polar surface area (TPSA) is 67.9 Å². The maximum Gasteiger partial charge on any atom is 0.254 e. The van der Waals surface area contributed by atoms with E-state index in [1.54, 1.807) is 31.2 Å². The van der Waals surface area contributed by atoms with Gasteiger partial charge in [-0.25, -0.2) is 0 Å². The van der Waals surface area contributed by atoms with Gasteiger partial charge in [-0.1, -0.05) is 29.8 Å². The second kappa shape index (κ2) is 9.85. The molecule has 0 saturated heterocycles. The molecule has 0 aliphatic carbocycles. The summed E-state index contributed by atoms with van der Waals surface area (Å²) in [5.74, 6) is 0.0445. The zero-order chi connectivity index (χ0) is 23.5. The van der Waals surface area contributed by atoms with Crippen LogP contribution in [0.15, 0.2) is 53.9 Å². The molecule has 0 saturated carbocycles. The van der Waals surface area contributed by atoms with Gasteiger partial charge in [0.25, 0.3) is 5.91 Å². The molecular formula is C25H25ClN2O4S. The van der Waals surface area contributed by atoms with Crippen molar-refractivity contribution in [1.82, 2.24) is 10.2 Å². The highest BCUT2D eigenvalue weighted by atomic mass is 35.5. The van der Waals surface area contributed by atoms with Gasteiger partial charge in [0, 0.05) is 29.1 Å². The number of carbonyl (C=O) groups excluding carboxylic acids is 2. The summed E-state index contributed by atoms with van der Waals surface area (Å²) in [5, 5.41) is 5.70. The van der Waals surface area contributed by atoms with Gasteiger partial charge in [0.2, 0.25) is 5.91 Å². The van der Waals surface area contributed by atoms with Crippen LogP contribution in [0, 0.1) is 0 Å². The molecule has 1 aliphatic heterocycles. The van der Waals surface area contributed by atoms with E-state index in [0.29, 0.717) is 40.6 Å². The first-order valence-corrected chi connectivity index (χ1v) is 11.8. The van der Waals surface area contributed by atoms with E-state index < -0.39 is 12.0 Å². The number of rotatable bonds is 7. The summed E-state index contributed by atoms with van der Waals surface area (Å²) < 4.78 is 10.9. The van der Waals surface area contributed by atoms with E-state index in [2.05, 4.69) is 5.32 Å². The summed E-state index contributed by atoms with van der Waals surface area (Å²) in [6, 6.07) is 14.4. The predicted molar refractivity (Wildman–Crippen MR) is 130 cm³/mol. The van der Waals surface area contributed by atoms with Gasteiger partial charge in [0.1, 0.15) is 0 Å². The molecule has 1 N–H and O–H groups in total. The summed E-state index contributed by atoms with van der Waals surface area (Å²) in [6.45, 7) is 0.467. The molecule has 0 unspecified atom stereocenters. The maximum atomic E-state index is 13.6. The lowest BCUT2D eigenvalue weighted by Crippen LogP contribution is -2.45. The summed E-state index contributed by atoms with van der Waals surface area (Å²) in [6.07, 6.45) is 0.673. The molecule has 0 fully saturated rings. The van der Waals surface area contributed by atoms with Gasteiger partial charge < -0.3 is 19.7 Å². The number of carbonyl (C=O) groups is 2. The van der Waals surface area contributed by atoms with Crippen molar-refractivity contribution >= 4 is 34.8 Å². The van der Waals surface area contributed by atoms with E-state index in [1.807, 2.05) is 41.8 Å². The Bertz CT molecular complexity index is 1150. The van der Waals surface area contributed by atoms with Crippen molar-refractivity contribution in [2.75, 3.05) is 27.8 Å². The third-order valence-electron chi connectivity index (χ3n) is 5.92. The van der Waals surface area contributed by atoms with E-state index >= 15 is 0 Å². The molecule has 3 aromatic rings. The zero-order valence-electron chi connectivity index (χ0n) is 18.6. The fraction of sp³-hybridized carbons (Fsp3) is 0.280. The normalized spacial score (nSPS) is 17.5. The molecule has 172 valence electrons. The Morgan fingerprint density at radius 2 is 1.82 bits per heavy atom. The lowest BCUT2D eigenvalue weighted by molar-refractivity contribution is -0.124. The van der Waals surface area contributed by atoms with Crippen LogP contribution >= 0.6 is 22.9 Å². The summed E-state index contributed by atoms with van der Waals surface area (Å²) in [4.78, 5) is 29.4. The highest BCUT2D eigenvalue weighted by Gasteiger charge is 2.43. The highest BCUT2D eigenvalue weighted by molar-refractivity contribution is 7.10. The van der Waals surface area contributed by atoms with Crippen LogP contribution in [-0.2, 0) is 11.2 Å². The molecular weight excluding hydrogens is 460 g/mol. The largest absolute Gasteiger partial charge is 0.493 e. The highest BCUT2D eigenvalue weighted by Crippen LogP contribution is 2.46. The van der Waals surface area contributed by atoms with Crippen molar-refractivity contribution in [3.05, 3.63) is 80.5 Å². The lowest BCUT2D eigenvalue weighted by Gasteiger charge is -2.39. The number of hydrogen-bond acceptors (Lipinski definition) is 5. The number of hydrogen-bond donors (Lipinski definition) is 1. The summed E-state index contributed by atoms with van der Waals surface area (Å²) >= 11 is 7.49. The van der Waals surface area contributed by atoms with Crippen molar-refractivity contribution in [3.8, 4) is 11.5 Å². The molecule has 6 nitrogen and oxygen atoms in total. The van der Waals surface area contributed by atoms with Gasteiger partial charge >= 0.3 is 0 Å². The van der Waals surface area contributed by atoms with E-state index in [-0.39, 0.29) is 11.8 Å². The fourth-order valence-corrected chi connectivity index (χ4v) is 5.27. The van der Waals surface area contributed by atoms with Crippen molar-refractivity contribution in [3.63, 3.8) is 0 Å². The first-order valence-electron chi connectivity index (χ1n) is 10.5. The number of methoxy groups -OCH3 is 2. The van der Waals surface area contributed by atoms with Crippen LogP contribution in [0.25, 0.3) is 0 Å². The molecule has 2 atom stereocenters. The average Bonchev–Trinajstić information content (AvgIpc) is 3.36. The first-order chi connectivity index (χ1) is 15.9. The molecule has 2 heterocycles. The monoisotopic (exact) mass is 484 g/mol. The molecule has 0 bridgehead atoms. The second-order valence-electron chi connectivity index (χ2n) is 7.82. The third-order valence-corrected chi connectivity index (χ3v) is 7.11. The number of likely N-dealkylation sites (N-methyl/N-ethyl adjacent to an activating group) is 1. The second-order valence-corrected chi connectivity index (χ2v) is 9.23. The predicted octanol–water partition coefficient (Wildman–Crippen LogP) is 4.69. The van der Waals surface area contributed by atoms with Crippen molar-refractivity contribution in [1.29, 1.82) is 0 Å². The Hall–Kier alpha value is -3.03. The van der Waals surface area contributed by atoms with Gasteiger partial charge in [0.05, 0.1) is 26.2 Å². The number of benzene rings is 2. The Morgan fingerprint density at radius 3 is 2.45 bits per heavy atom. The molecule has 33 heavy (non-hydrogen) atoms. The number of nitrogens with zero attached hydrogens (tertiary/aromatic N) is 1. The van der Waals surface area contributed by atoms with E-state index in [4.69, 9.17) is 21.1 Å². The van der Waals surface area contributed by atoms with Crippen LogP contribution in [0.5, 0.6) is 11.5 Å². The minimum absolute atomic E-state index is 0.143. The SMILES string of the molecule is COc1cc2c(cc1OC)[C@@H](C(=O)NCCc1ccc(Cl)cc1)[C@H](c1cccs1)N(C)C2=O. The third kappa shape index (κ3) is 4.56. The van der Waals surface area contributed by atoms with Gasteiger partial charge in [0.15, 0.2) is 11.5 Å². The van der Waals surface area contributed by atoms with Crippen LogP contribution in [0.4, 0.5) is 0 Å². The van der Waals surface area contributed by atoms with Crippen LogP contribution in [0.2, 0.25) is 5.02 Å². The van der Waals surface area contributed by atoms with Crippen LogP contribution in [0.1, 0.15) is 38.3 Å². The van der Waals surface area contributed by atoms with E-state index in [0.717, 1.165) is 10.4 Å². The van der Waals surface area contributed by atoms with Crippen LogP contribution in [-0.4, -0.2) is 44.5 Å². The molecule has 4 rings (SSSR count). The van der Waals surface area contributed by atoms with Gasteiger partial charge in [-0.15, -0.1) is 11.3 Å². The van der Waals surface area contributed by atoms with Crippen molar-refractivity contribution in [2.24, 2.45) is 0 Å². The number of nitrogens with one attached hydrogen (secondary N) is 1. The molecule has 0 radical (unpaired) electrons. The van der Waals surface area contributed by atoms with Gasteiger partial charge in [-0.05, 0) is 53.3 Å². The first kappa shape index (κ1) is 23.1. The maximum absolute atomic E-state index is 13.6. The number of amides is 2. The molecule has 8 heteroatoms. The zero-order valence-corrected chi connectivity index (χ0v) is 20.2.